The van der Waals surface area contributed by atoms with Crippen LogP contribution in [-0.2, 0) is 28.6 Å². The smallest absolute Gasteiger partial charge is 0.344 e. The van der Waals surface area contributed by atoms with E-state index in [9.17, 15) is 19.5 Å². The molecule has 0 unspecified atom stereocenters. The molecule has 13 nitrogen and oxygen atoms in total. The highest BCUT2D eigenvalue weighted by Crippen LogP contribution is 2.61. The average molecular weight is 723 g/mol. The molecule has 4 rings (SSSR count). The van der Waals surface area contributed by atoms with E-state index in [2.05, 4.69) is 13.2 Å². The fraction of sp³-hybridized carbons (Fsp3) is 0.410. The van der Waals surface area contributed by atoms with Crippen LogP contribution in [0, 0.1) is 5.92 Å². The molecule has 0 aromatic heterocycles. The second-order valence-electron chi connectivity index (χ2n) is 12.2. The topological polar surface area (TPSA) is 155 Å². The van der Waals surface area contributed by atoms with Crippen molar-refractivity contribution in [1.82, 2.24) is 0 Å². The summed E-state index contributed by atoms with van der Waals surface area (Å²) in [6.45, 7) is 16.2. The van der Waals surface area contributed by atoms with Gasteiger partial charge in [0.15, 0.2) is 35.7 Å². The zero-order chi connectivity index (χ0) is 38.3. The lowest BCUT2D eigenvalue weighted by Crippen LogP contribution is -2.46. The molecule has 4 atom stereocenters. The maximum atomic E-state index is 13.6. The third-order valence-electron chi connectivity index (χ3n) is 9.06. The van der Waals surface area contributed by atoms with Gasteiger partial charge >= 0.3 is 17.9 Å². The molecule has 0 amide bonds. The molecule has 2 aromatic carbocycles. The quantitative estimate of drug-likeness (QED) is 0.101. The number of rotatable bonds is 14. The summed E-state index contributed by atoms with van der Waals surface area (Å²) < 4.78 is 53.4. The predicted octanol–water partition coefficient (Wildman–Crippen LogP) is 6.27. The van der Waals surface area contributed by atoms with Crippen molar-refractivity contribution in [3.63, 3.8) is 0 Å². The normalized spacial score (nSPS) is 20.6. The molecule has 0 radical (unpaired) electrons. The zero-order valence-corrected chi connectivity index (χ0v) is 30.8. The summed E-state index contributed by atoms with van der Waals surface area (Å²) in [4.78, 5) is 40.0. The van der Waals surface area contributed by atoms with Crippen molar-refractivity contribution in [2.75, 3.05) is 40.8 Å². The molecule has 280 valence electrons. The van der Waals surface area contributed by atoms with E-state index in [1.165, 1.54) is 33.3 Å². The van der Waals surface area contributed by atoms with Crippen LogP contribution in [0.25, 0.3) is 11.1 Å². The molecular formula is C39H46O13. The highest BCUT2D eigenvalue weighted by atomic mass is 16.7. The molecular weight excluding hydrogens is 676 g/mol. The molecule has 1 heterocycles. The maximum absolute atomic E-state index is 13.6. The van der Waals surface area contributed by atoms with Crippen LogP contribution in [0.4, 0.5) is 0 Å². The van der Waals surface area contributed by atoms with E-state index in [-0.39, 0.29) is 82.3 Å². The first kappa shape index (κ1) is 39.4. The number of fused-ring (bicyclic) bond motifs is 4. The van der Waals surface area contributed by atoms with Gasteiger partial charge in [0.25, 0.3) is 0 Å². The molecule has 1 aliphatic carbocycles. The van der Waals surface area contributed by atoms with Crippen LogP contribution in [0.2, 0.25) is 0 Å². The Hall–Kier alpha value is -5.43. The average Bonchev–Trinajstić information content (AvgIpc) is 3.62. The summed E-state index contributed by atoms with van der Waals surface area (Å²) >= 11 is 0. The van der Waals surface area contributed by atoms with Gasteiger partial charge < -0.3 is 47.7 Å². The minimum absolute atomic E-state index is 0.00951. The molecule has 1 aliphatic heterocycles. The molecule has 0 spiro atoms. The summed E-state index contributed by atoms with van der Waals surface area (Å²) in [5.41, 5.74) is -0.493. The van der Waals surface area contributed by atoms with E-state index >= 15 is 0 Å². The van der Waals surface area contributed by atoms with Gasteiger partial charge in [0.2, 0.25) is 18.3 Å². The zero-order valence-electron chi connectivity index (χ0n) is 30.8. The first-order chi connectivity index (χ1) is 24.8. The number of aliphatic hydroxyl groups is 1. The van der Waals surface area contributed by atoms with Crippen molar-refractivity contribution in [3.05, 3.63) is 71.9 Å². The molecule has 0 saturated heterocycles. The Morgan fingerprint density at radius 1 is 0.885 bits per heavy atom. The number of benzene rings is 2. The Bertz CT molecular complexity index is 1780. The van der Waals surface area contributed by atoms with Gasteiger partial charge in [-0.15, -0.1) is 0 Å². The Balaban J connectivity index is 2.26. The molecule has 1 N–H and O–H groups in total. The second kappa shape index (κ2) is 16.7. The number of hydrogen-bond acceptors (Lipinski definition) is 13. The summed E-state index contributed by atoms with van der Waals surface area (Å²) in [5, 5.41) is 12.7. The molecule has 0 saturated carbocycles. The van der Waals surface area contributed by atoms with Crippen LogP contribution < -0.4 is 28.4 Å². The maximum Gasteiger partial charge on any atom is 0.344 e. The summed E-state index contributed by atoms with van der Waals surface area (Å²) in [6, 6.07) is 3.18. The highest BCUT2D eigenvalue weighted by Gasteiger charge is 2.52. The monoisotopic (exact) mass is 722 g/mol. The van der Waals surface area contributed by atoms with E-state index in [1.807, 2.05) is 0 Å². The van der Waals surface area contributed by atoms with Gasteiger partial charge in [-0.2, -0.15) is 0 Å². The Morgan fingerprint density at radius 2 is 1.52 bits per heavy atom. The minimum Gasteiger partial charge on any atom is -0.493 e. The number of ether oxygens (including phenoxy) is 9. The van der Waals surface area contributed by atoms with Gasteiger partial charge in [0.1, 0.15) is 24.9 Å². The van der Waals surface area contributed by atoms with Crippen molar-refractivity contribution in [2.45, 2.75) is 59.4 Å². The van der Waals surface area contributed by atoms with Crippen LogP contribution in [0.15, 0.2) is 60.7 Å². The lowest BCUT2D eigenvalue weighted by molar-refractivity contribution is -0.181. The molecule has 0 bridgehead atoms. The third-order valence-corrected chi connectivity index (χ3v) is 9.06. The lowest BCUT2D eigenvalue weighted by atomic mass is 9.71. The molecule has 13 heteroatoms. The van der Waals surface area contributed by atoms with Gasteiger partial charge in [0, 0.05) is 39.3 Å². The van der Waals surface area contributed by atoms with Crippen molar-refractivity contribution in [3.8, 4) is 45.6 Å². The van der Waals surface area contributed by atoms with Crippen LogP contribution in [0.3, 0.4) is 0 Å². The standard InChI is InChI=1S/C39H46O13/c1-11-15-46-28(40)19-48-35-29-24(17-27-33(35)50-20-49-27)31(51-37(41)21(5)13-3)23(7)39(8,43)36(52-38(42)22(6)14-4)25-18-26(44-9)32(45-10)34(30(25)29)47-16-12-2/h11-14,17-18,23,31,36,43H,1-2,15-16,19-20H2,3-10H3/b21-13-,22-14-/t23-,31+,36-,39-/m0/s1. The Morgan fingerprint density at radius 3 is 2.12 bits per heavy atom. The highest BCUT2D eigenvalue weighted by molar-refractivity contribution is 5.92. The first-order valence-electron chi connectivity index (χ1n) is 16.6. The number of hydrogen-bond donors (Lipinski definition) is 1. The summed E-state index contributed by atoms with van der Waals surface area (Å²) in [6.07, 6.45) is 3.39. The van der Waals surface area contributed by atoms with Crippen LogP contribution in [0.1, 0.15) is 64.9 Å². The van der Waals surface area contributed by atoms with E-state index in [0.29, 0.717) is 5.57 Å². The third kappa shape index (κ3) is 7.59. The molecule has 2 aliphatic rings. The van der Waals surface area contributed by atoms with E-state index in [1.54, 1.807) is 58.9 Å². The van der Waals surface area contributed by atoms with Crippen molar-refractivity contribution in [1.29, 1.82) is 0 Å². The van der Waals surface area contributed by atoms with Crippen molar-refractivity contribution >= 4 is 17.9 Å². The van der Waals surface area contributed by atoms with Gasteiger partial charge in [-0.1, -0.05) is 44.4 Å². The van der Waals surface area contributed by atoms with Crippen molar-refractivity contribution < 1.29 is 62.1 Å². The summed E-state index contributed by atoms with van der Waals surface area (Å²) in [7, 11) is 2.84. The second-order valence-corrected chi connectivity index (χ2v) is 12.2. The van der Waals surface area contributed by atoms with E-state index in [4.69, 9.17) is 42.6 Å². The number of carbonyl (C=O) groups is 3. The molecule has 2 aromatic rings. The summed E-state index contributed by atoms with van der Waals surface area (Å²) in [5.74, 6) is -2.41. The van der Waals surface area contributed by atoms with Gasteiger partial charge in [-0.25, -0.2) is 14.4 Å². The van der Waals surface area contributed by atoms with Gasteiger partial charge in [-0.05, 0) is 46.8 Å². The Labute approximate surface area is 303 Å². The van der Waals surface area contributed by atoms with Gasteiger partial charge in [-0.3, -0.25) is 0 Å². The Kier molecular flexibility index (Phi) is 12.7. The fourth-order valence-corrected chi connectivity index (χ4v) is 5.82. The SMILES string of the molecule is C=CCOC(=O)COc1c2c(cc3c1-c1c(cc(OC)c(OC)c1OCC=C)[C@H](OC(=O)/C(C)=C\C)[C@@](C)(O)[C@@H](C)[C@H]3OC(=O)/C(C)=C\C)OCO2. The molecule has 0 fully saturated rings. The van der Waals surface area contributed by atoms with Crippen LogP contribution >= 0.6 is 0 Å². The van der Waals surface area contributed by atoms with Crippen LogP contribution in [0.5, 0.6) is 34.5 Å². The number of carbonyl (C=O) groups excluding carboxylic acids is 3. The fourth-order valence-electron chi connectivity index (χ4n) is 5.82. The largest absolute Gasteiger partial charge is 0.493 e. The predicted molar refractivity (Wildman–Crippen MR) is 190 cm³/mol. The van der Waals surface area contributed by atoms with Crippen molar-refractivity contribution in [2.24, 2.45) is 5.92 Å². The van der Waals surface area contributed by atoms with E-state index < -0.39 is 48.2 Å². The molecule has 52 heavy (non-hydrogen) atoms. The number of allylic oxidation sites excluding steroid dienone is 2. The van der Waals surface area contributed by atoms with Gasteiger partial charge in [0.05, 0.1) is 14.2 Å². The number of methoxy groups -OCH3 is 2. The van der Waals surface area contributed by atoms with Crippen LogP contribution in [-0.4, -0.2) is 69.4 Å². The van der Waals surface area contributed by atoms with E-state index in [0.717, 1.165) is 0 Å². The lowest BCUT2D eigenvalue weighted by Gasteiger charge is -2.44. The number of esters is 3. The minimum atomic E-state index is -1.95. The first-order valence-corrected chi connectivity index (χ1v) is 16.6.